The van der Waals surface area contributed by atoms with E-state index in [0.29, 0.717) is 5.82 Å². The van der Waals surface area contributed by atoms with E-state index in [9.17, 15) is 4.79 Å². The number of aromatic carboxylic acids is 1. The van der Waals surface area contributed by atoms with Crippen LogP contribution in [-0.2, 0) is 0 Å². The van der Waals surface area contributed by atoms with Crippen molar-refractivity contribution in [2.45, 2.75) is 6.92 Å². The van der Waals surface area contributed by atoms with Crippen molar-refractivity contribution in [1.82, 2.24) is 10.2 Å². The molecule has 0 bridgehead atoms. The molecule has 0 unspecified atom stereocenters. The van der Waals surface area contributed by atoms with Crippen LogP contribution in [0.5, 0.6) is 0 Å². The zero-order valence-electron chi connectivity index (χ0n) is 12.5. The van der Waals surface area contributed by atoms with Crippen LogP contribution in [0.15, 0.2) is 60.7 Å². The van der Waals surface area contributed by atoms with Crippen LogP contribution in [0, 0.1) is 6.92 Å². The first-order valence-electron chi connectivity index (χ1n) is 7.13. The van der Waals surface area contributed by atoms with Crippen molar-refractivity contribution < 1.29 is 9.90 Å². The van der Waals surface area contributed by atoms with E-state index in [4.69, 9.17) is 5.11 Å². The van der Waals surface area contributed by atoms with Gasteiger partial charge in [-0.1, -0.05) is 24.3 Å². The summed E-state index contributed by atoms with van der Waals surface area (Å²) in [7, 11) is 0. The Bertz CT molecular complexity index is 828. The van der Waals surface area contributed by atoms with Gasteiger partial charge >= 0.3 is 5.97 Å². The van der Waals surface area contributed by atoms with E-state index in [1.54, 1.807) is 24.3 Å². The number of nitrogens with zero attached hydrogens (tertiary/aromatic N) is 2. The molecule has 0 atom stereocenters. The Morgan fingerprint density at radius 2 is 1.70 bits per heavy atom. The third-order valence-corrected chi connectivity index (χ3v) is 3.49. The highest BCUT2D eigenvalue weighted by molar-refractivity contribution is 5.88. The lowest BCUT2D eigenvalue weighted by atomic mass is 10.1. The van der Waals surface area contributed by atoms with Crippen LogP contribution in [0.2, 0.25) is 0 Å². The molecule has 0 aliphatic rings. The first-order chi connectivity index (χ1) is 11.1. The molecular weight excluding hydrogens is 290 g/mol. The molecule has 0 saturated heterocycles. The molecule has 2 aromatic carbocycles. The quantitative estimate of drug-likeness (QED) is 0.764. The van der Waals surface area contributed by atoms with Gasteiger partial charge in [-0.2, -0.15) is 0 Å². The summed E-state index contributed by atoms with van der Waals surface area (Å²) in [6, 6.07) is 18.2. The third kappa shape index (κ3) is 3.35. The zero-order chi connectivity index (χ0) is 16.2. The molecule has 114 valence electrons. The van der Waals surface area contributed by atoms with Crippen LogP contribution in [-0.4, -0.2) is 21.3 Å². The number of benzene rings is 2. The number of anilines is 2. The fourth-order valence-electron chi connectivity index (χ4n) is 2.25. The largest absolute Gasteiger partial charge is 0.478 e. The molecule has 3 rings (SSSR count). The topological polar surface area (TPSA) is 75.1 Å². The molecule has 0 aliphatic carbocycles. The molecule has 0 saturated carbocycles. The van der Waals surface area contributed by atoms with E-state index < -0.39 is 5.97 Å². The number of hydrogen-bond acceptors (Lipinski definition) is 4. The molecule has 1 heterocycles. The van der Waals surface area contributed by atoms with Crippen molar-refractivity contribution in [2.75, 3.05) is 5.32 Å². The van der Waals surface area contributed by atoms with Crippen LogP contribution in [0.25, 0.3) is 11.3 Å². The molecule has 3 aromatic rings. The van der Waals surface area contributed by atoms with Crippen molar-refractivity contribution in [2.24, 2.45) is 0 Å². The lowest BCUT2D eigenvalue weighted by Gasteiger charge is -2.07. The molecule has 0 fully saturated rings. The lowest BCUT2D eigenvalue weighted by molar-refractivity contribution is 0.0697. The van der Waals surface area contributed by atoms with Gasteiger partial charge < -0.3 is 10.4 Å². The number of aromatic nitrogens is 2. The second-order valence-electron chi connectivity index (χ2n) is 5.13. The Kier molecular flexibility index (Phi) is 4.01. The second kappa shape index (κ2) is 6.27. The van der Waals surface area contributed by atoms with Crippen molar-refractivity contribution in [1.29, 1.82) is 0 Å². The Balaban J connectivity index is 1.77. The molecule has 1 aromatic heterocycles. The van der Waals surface area contributed by atoms with Crippen LogP contribution in [0.4, 0.5) is 11.5 Å². The first kappa shape index (κ1) is 14.7. The summed E-state index contributed by atoms with van der Waals surface area (Å²) in [5.41, 5.74) is 4.02. The number of carbonyl (C=O) groups is 1. The van der Waals surface area contributed by atoms with E-state index in [0.717, 1.165) is 22.5 Å². The average molecular weight is 305 g/mol. The van der Waals surface area contributed by atoms with Crippen molar-refractivity contribution >= 4 is 17.5 Å². The van der Waals surface area contributed by atoms with Crippen molar-refractivity contribution in [3.05, 3.63) is 71.8 Å². The van der Waals surface area contributed by atoms with Gasteiger partial charge in [0, 0.05) is 11.3 Å². The molecule has 0 radical (unpaired) electrons. The maximum Gasteiger partial charge on any atom is 0.335 e. The third-order valence-electron chi connectivity index (χ3n) is 3.49. The number of rotatable bonds is 4. The van der Waals surface area contributed by atoms with Crippen LogP contribution in [0.3, 0.4) is 0 Å². The number of nitrogens with one attached hydrogen (secondary N) is 1. The number of carboxylic acid groups (broad SMARTS) is 1. The average Bonchev–Trinajstić information content (AvgIpc) is 2.57. The molecule has 0 amide bonds. The summed E-state index contributed by atoms with van der Waals surface area (Å²) < 4.78 is 0. The van der Waals surface area contributed by atoms with E-state index >= 15 is 0 Å². The van der Waals surface area contributed by atoms with E-state index in [1.807, 2.05) is 43.3 Å². The standard InChI is InChI=1S/C18H15N3O2/c1-12-4-2-3-5-15(12)16-10-11-17(21-20-16)19-14-8-6-13(7-9-14)18(22)23/h2-11H,1H3,(H,19,21)(H,22,23). The predicted octanol–water partition coefficient (Wildman–Crippen LogP) is 3.89. The fraction of sp³-hybridized carbons (Fsp3) is 0.0556. The monoisotopic (exact) mass is 305 g/mol. The van der Waals surface area contributed by atoms with Gasteiger partial charge in [-0.3, -0.25) is 0 Å². The summed E-state index contributed by atoms with van der Waals surface area (Å²) in [5, 5.41) is 20.4. The molecule has 5 nitrogen and oxygen atoms in total. The van der Waals surface area contributed by atoms with Crippen LogP contribution < -0.4 is 5.32 Å². The zero-order valence-corrected chi connectivity index (χ0v) is 12.5. The molecule has 23 heavy (non-hydrogen) atoms. The molecular formula is C18H15N3O2. The van der Waals surface area contributed by atoms with Crippen molar-refractivity contribution in [3.8, 4) is 11.3 Å². The first-order valence-corrected chi connectivity index (χ1v) is 7.13. The number of carboxylic acids is 1. The van der Waals surface area contributed by atoms with Gasteiger partial charge in [0.15, 0.2) is 5.82 Å². The predicted molar refractivity (Wildman–Crippen MR) is 88.9 cm³/mol. The van der Waals surface area contributed by atoms with E-state index in [-0.39, 0.29) is 5.56 Å². The van der Waals surface area contributed by atoms with E-state index in [2.05, 4.69) is 15.5 Å². The normalized spacial score (nSPS) is 10.3. The minimum atomic E-state index is -0.945. The van der Waals surface area contributed by atoms with E-state index in [1.165, 1.54) is 0 Å². The van der Waals surface area contributed by atoms with Gasteiger partial charge in [0.1, 0.15) is 0 Å². The molecule has 0 aliphatic heterocycles. The minimum Gasteiger partial charge on any atom is -0.478 e. The maximum atomic E-state index is 10.8. The van der Waals surface area contributed by atoms with Gasteiger partial charge in [0.25, 0.3) is 0 Å². The van der Waals surface area contributed by atoms with Crippen LogP contribution in [0.1, 0.15) is 15.9 Å². The Hall–Kier alpha value is -3.21. The highest BCUT2D eigenvalue weighted by atomic mass is 16.4. The molecule has 5 heteroatoms. The smallest absolute Gasteiger partial charge is 0.335 e. The lowest BCUT2D eigenvalue weighted by Crippen LogP contribution is -1.99. The molecule has 2 N–H and O–H groups in total. The van der Waals surface area contributed by atoms with Gasteiger partial charge in [0.05, 0.1) is 11.3 Å². The Morgan fingerprint density at radius 3 is 2.30 bits per heavy atom. The van der Waals surface area contributed by atoms with Gasteiger partial charge in [-0.05, 0) is 48.9 Å². The summed E-state index contributed by atoms with van der Waals surface area (Å²) >= 11 is 0. The summed E-state index contributed by atoms with van der Waals surface area (Å²) in [6.45, 7) is 2.03. The van der Waals surface area contributed by atoms with Gasteiger partial charge in [-0.15, -0.1) is 10.2 Å². The SMILES string of the molecule is Cc1ccccc1-c1ccc(Nc2ccc(C(=O)O)cc2)nn1. The summed E-state index contributed by atoms with van der Waals surface area (Å²) in [6.07, 6.45) is 0. The summed E-state index contributed by atoms with van der Waals surface area (Å²) in [5.74, 6) is -0.343. The number of hydrogen-bond donors (Lipinski definition) is 2. The highest BCUT2D eigenvalue weighted by Crippen LogP contribution is 2.22. The maximum absolute atomic E-state index is 10.8. The number of aryl methyl sites for hydroxylation is 1. The summed E-state index contributed by atoms with van der Waals surface area (Å²) in [4.78, 5) is 10.8. The minimum absolute atomic E-state index is 0.247. The van der Waals surface area contributed by atoms with Gasteiger partial charge in [-0.25, -0.2) is 4.79 Å². The molecule has 0 spiro atoms. The van der Waals surface area contributed by atoms with Crippen molar-refractivity contribution in [3.63, 3.8) is 0 Å². The fourth-order valence-corrected chi connectivity index (χ4v) is 2.25. The second-order valence-corrected chi connectivity index (χ2v) is 5.13. The highest BCUT2D eigenvalue weighted by Gasteiger charge is 2.05. The van der Waals surface area contributed by atoms with Gasteiger partial charge in [0.2, 0.25) is 0 Å². The Labute approximate surface area is 133 Å². The Morgan fingerprint density at radius 1 is 0.957 bits per heavy atom. The van der Waals surface area contributed by atoms with Crippen LogP contribution >= 0.6 is 0 Å².